The molecule has 8 heteroatoms. The molecule has 4 aromatic rings. The van der Waals surface area contributed by atoms with Crippen molar-refractivity contribution in [2.24, 2.45) is 13.0 Å². The Hall–Kier alpha value is -3.32. The number of aryl methyl sites for hydroxylation is 2. The number of benzene rings is 2. The summed E-state index contributed by atoms with van der Waals surface area (Å²) in [6.45, 7) is 5.79. The minimum Gasteiger partial charge on any atom is -0.312 e. The van der Waals surface area contributed by atoms with Crippen LogP contribution in [0.1, 0.15) is 18.1 Å². The van der Waals surface area contributed by atoms with E-state index in [1.165, 1.54) is 9.13 Å². The fraction of sp³-hybridized carbons (Fsp3) is 0.292. The van der Waals surface area contributed by atoms with Gasteiger partial charge in [-0.3, -0.25) is 13.9 Å². The van der Waals surface area contributed by atoms with Gasteiger partial charge in [-0.2, -0.15) is 4.98 Å². The summed E-state index contributed by atoms with van der Waals surface area (Å²) in [7, 11) is 1.67. The molecule has 0 fully saturated rings. The zero-order chi connectivity index (χ0) is 22.6. The van der Waals surface area contributed by atoms with E-state index in [4.69, 9.17) is 16.6 Å². The number of anilines is 2. The van der Waals surface area contributed by atoms with Crippen molar-refractivity contribution in [2.75, 3.05) is 11.4 Å². The maximum Gasteiger partial charge on any atom is 0.332 e. The lowest BCUT2D eigenvalue weighted by molar-refractivity contribution is 0.458. The van der Waals surface area contributed by atoms with Crippen LogP contribution in [-0.4, -0.2) is 25.2 Å². The fourth-order valence-electron chi connectivity index (χ4n) is 4.36. The van der Waals surface area contributed by atoms with Gasteiger partial charge in [0.1, 0.15) is 0 Å². The SMILES string of the molecule is Cc1ccc(Cn2c(=O)c3c(nc4n3CC(C)CN4c3ccc(Cl)cc3)n(C)c2=O)cc1. The molecule has 1 unspecified atom stereocenters. The highest BCUT2D eigenvalue weighted by Crippen LogP contribution is 2.33. The average molecular weight is 450 g/mol. The predicted molar refractivity (Wildman–Crippen MR) is 127 cm³/mol. The monoisotopic (exact) mass is 449 g/mol. The number of aromatic nitrogens is 4. The Bertz CT molecular complexity index is 1430. The second-order valence-electron chi connectivity index (χ2n) is 8.61. The van der Waals surface area contributed by atoms with Gasteiger partial charge in [-0.15, -0.1) is 0 Å². The van der Waals surface area contributed by atoms with Crippen LogP contribution in [0, 0.1) is 12.8 Å². The number of halogens is 1. The molecule has 2 aromatic heterocycles. The topological polar surface area (TPSA) is 65.1 Å². The molecule has 3 heterocycles. The van der Waals surface area contributed by atoms with E-state index in [0.29, 0.717) is 28.7 Å². The van der Waals surface area contributed by atoms with Crippen molar-refractivity contribution in [3.63, 3.8) is 0 Å². The van der Waals surface area contributed by atoms with Gasteiger partial charge in [0.15, 0.2) is 11.2 Å². The first-order valence-electron chi connectivity index (χ1n) is 10.6. The summed E-state index contributed by atoms with van der Waals surface area (Å²) in [5.41, 5.74) is 3.16. The molecular formula is C24H24ClN5O2. The van der Waals surface area contributed by atoms with Crippen LogP contribution in [0.4, 0.5) is 11.6 Å². The number of rotatable bonds is 3. The molecule has 0 bridgehead atoms. The number of nitrogens with zero attached hydrogens (tertiary/aromatic N) is 5. The van der Waals surface area contributed by atoms with Gasteiger partial charge in [0.2, 0.25) is 5.95 Å². The van der Waals surface area contributed by atoms with Gasteiger partial charge in [-0.25, -0.2) is 4.79 Å². The minimum atomic E-state index is -0.371. The molecule has 0 spiro atoms. The van der Waals surface area contributed by atoms with Crippen LogP contribution >= 0.6 is 11.6 Å². The molecule has 1 aliphatic rings. The quantitative estimate of drug-likeness (QED) is 0.478. The van der Waals surface area contributed by atoms with E-state index in [1.807, 2.05) is 60.0 Å². The van der Waals surface area contributed by atoms with E-state index in [0.717, 1.165) is 23.4 Å². The van der Waals surface area contributed by atoms with Crippen molar-refractivity contribution in [1.29, 1.82) is 0 Å². The summed E-state index contributed by atoms with van der Waals surface area (Å²) in [6, 6.07) is 15.4. The molecule has 7 nitrogen and oxygen atoms in total. The largest absolute Gasteiger partial charge is 0.332 e. The van der Waals surface area contributed by atoms with E-state index < -0.39 is 0 Å². The second-order valence-corrected chi connectivity index (χ2v) is 9.04. The summed E-state index contributed by atoms with van der Waals surface area (Å²) in [6.07, 6.45) is 0. The van der Waals surface area contributed by atoms with Crippen molar-refractivity contribution < 1.29 is 0 Å². The van der Waals surface area contributed by atoms with Gasteiger partial charge in [0.05, 0.1) is 6.54 Å². The van der Waals surface area contributed by atoms with Gasteiger partial charge in [0.25, 0.3) is 5.56 Å². The van der Waals surface area contributed by atoms with Crippen LogP contribution < -0.4 is 16.1 Å². The third-order valence-corrected chi connectivity index (χ3v) is 6.29. The van der Waals surface area contributed by atoms with E-state index in [2.05, 4.69) is 11.8 Å². The molecule has 164 valence electrons. The molecule has 0 radical (unpaired) electrons. The van der Waals surface area contributed by atoms with Crippen molar-refractivity contribution in [2.45, 2.75) is 26.9 Å². The van der Waals surface area contributed by atoms with Crippen molar-refractivity contribution in [3.8, 4) is 0 Å². The average Bonchev–Trinajstić information content (AvgIpc) is 3.16. The summed E-state index contributed by atoms with van der Waals surface area (Å²) in [5.74, 6) is 0.957. The Morgan fingerprint density at radius 2 is 1.72 bits per heavy atom. The molecule has 0 saturated heterocycles. The Kier molecular flexibility index (Phi) is 4.93. The van der Waals surface area contributed by atoms with Crippen molar-refractivity contribution in [1.82, 2.24) is 18.7 Å². The normalized spacial score (nSPS) is 15.9. The van der Waals surface area contributed by atoms with Crippen LogP contribution in [0.25, 0.3) is 11.2 Å². The first-order chi connectivity index (χ1) is 15.3. The highest BCUT2D eigenvalue weighted by Gasteiger charge is 2.29. The summed E-state index contributed by atoms with van der Waals surface area (Å²) >= 11 is 6.07. The Morgan fingerprint density at radius 1 is 1.03 bits per heavy atom. The van der Waals surface area contributed by atoms with Gasteiger partial charge in [0, 0.05) is 30.8 Å². The van der Waals surface area contributed by atoms with Gasteiger partial charge in [-0.1, -0.05) is 48.4 Å². The summed E-state index contributed by atoms with van der Waals surface area (Å²) in [4.78, 5) is 33.5. The number of hydrogen-bond acceptors (Lipinski definition) is 4. The molecule has 0 amide bonds. The van der Waals surface area contributed by atoms with Crippen LogP contribution in [0.3, 0.4) is 0 Å². The molecule has 32 heavy (non-hydrogen) atoms. The van der Waals surface area contributed by atoms with Gasteiger partial charge >= 0.3 is 5.69 Å². The molecule has 0 N–H and O–H groups in total. The molecule has 0 aliphatic carbocycles. The van der Waals surface area contributed by atoms with Gasteiger partial charge in [-0.05, 0) is 42.7 Å². The fourth-order valence-corrected chi connectivity index (χ4v) is 4.49. The second kappa shape index (κ2) is 7.67. The summed E-state index contributed by atoms with van der Waals surface area (Å²) < 4.78 is 4.72. The van der Waals surface area contributed by atoms with Crippen LogP contribution in [0.2, 0.25) is 5.02 Å². The number of fused-ring (bicyclic) bond motifs is 3. The van der Waals surface area contributed by atoms with Crippen LogP contribution in [0.15, 0.2) is 58.1 Å². The number of imidazole rings is 1. The van der Waals surface area contributed by atoms with E-state index in [9.17, 15) is 9.59 Å². The van der Waals surface area contributed by atoms with E-state index >= 15 is 0 Å². The Morgan fingerprint density at radius 3 is 2.41 bits per heavy atom. The lowest BCUT2D eigenvalue weighted by Gasteiger charge is -2.33. The zero-order valence-electron chi connectivity index (χ0n) is 18.2. The van der Waals surface area contributed by atoms with Crippen molar-refractivity contribution in [3.05, 3.63) is 85.5 Å². The van der Waals surface area contributed by atoms with Crippen molar-refractivity contribution >= 4 is 34.4 Å². The standard InChI is InChI=1S/C24H24ClN5O2/c1-15-4-6-17(7-5-15)14-30-22(31)20-21(27(3)24(30)32)26-23-28(12-16(2)13-29(20)23)19-10-8-18(25)9-11-19/h4-11,16H,12-14H2,1-3H3. The third kappa shape index (κ3) is 3.33. The van der Waals surface area contributed by atoms with E-state index in [-0.39, 0.29) is 23.7 Å². The molecule has 2 aromatic carbocycles. The third-order valence-electron chi connectivity index (χ3n) is 6.04. The molecule has 1 atom stereocenters. The maximum absolute atomic E-state index is 13.6. The lowest BCUT2D eigenvalue weighted by Crippen LogP contribution is -2.40. The Labute approximate surface area is 190 Å². The van der Waals surface area contributed by atoms with Crippen LogP contribution in [0.5, 0.6) is 0 Å². The predicted octanol–water partition coefficient (Wildman–Crippen LogP) is 3.69. The lowest BCUT2D eigenvalue weighted by atomic mass is 10.1. The maximum atomic E-state index is 13.6. The van der Waals surface area contributed by atoms with Gasteiger partial charge < -0.3 is 9.47 Å². The minimum absolute atomic E-state index is 0.221. The zero-order valence-corrected chi connectivity index (χ0v) is 19.0. The molecule has 1 aliphatic heterocycles. The first-order valence-corrected chi connectivity index (χ1v) is 11.0. The molecule has 0 saturated carbocycles. The highest BCUT2D eigenvalue weighted by atomic mass is 35.5. The highest BCUT2D eigenvalue weighted by molar-refractivity contribution is 6.30. The molecular weight excluding hydrogens is 426 g/mol. The van der Waals surface area contributed by atoms with Crippen LogP contribution in [-0.2, 0) is 20.1 Å². The number of hydrogen-bond donors (Lipinski definition) is 0. The van der Waals surface area contributed by atoms with E-state index in [1.54, 1.807) is 7.05 Å². The first kappa shape index (κ1) is 20.6. The smallest absolute Gasteiger partial charge is 0.312 e. The molecule has 5 rings (SSSR count). The Balaban J connectivity index is 1.70. The summed E-state index contributed by atoms with van der Waals surface area (Å²) in [5, 5.41) is 0.661.